The number of aliphatic hydroxyl groups excluding tert-OH is 2. The fourth-order valence-electron chi connectivity index (χ4n) is 7.62. The normalized spacial score (nSPS) is 18.0. The average Bonchev–Trinajstić information content (AvgIpc) is 3.65. The minimum absolute atomic E-state index is 0.0651. The van der Waals surface area contributed by atoms with Crippen molar-refractivity contribution in [3.63, 3.8) is 0 Å². The lowest BCUT2D eigenvalue weighted by Gasteiger charge is -2.36. The largest absolute Gasteiger partial charge is 0.505 e. The third kappa shape index (κ3) is 13.7. The maximum atomic E-state index is 14.2. The number of aromatic hydroxyl groups is 1. The number of β-amino-alcohol motifs (C(OH)–C–C–N with tert-alkyl or cyclic N) is 1. The summed E-state index contributed by atoms with van der Waals surface area (Å²) in [4.78, 5) is 118. The van der Waals surface area contributed by atoms with Gasteiger partial charge in [0.2, 0.25) is 35.4 Å². The summed E-state index contributed by atoms with van der Waals surface area (Å²) in [5.74, 6) is -7.13. The molecule has 7 unspecified atom stereocenters. The summed E-state index contributed by atoms with van der Waals surface area (Å²) in [5.41, 5.74) is 0.107. The van der Waals surface area contributed by atoms with Crippen LogP contribution in [-0.2, 0) is 38.3 Å². The van der Waals surface area contributed by atoms with E-state index in [2.05, 4.69) is 20.9 Å². The third-order valence-electron chi connectivity index (χ3n) is 11.6. The first kappa shape index (κ1) is 53.2. The number of carbonyl (C=O) groups excluding carboxylic acids is 8. The van der Waals surface area contributed by atoms with Gasteiger partial charge in [0.05, 0.1) is 25.9 Å². The second kappa shape index (κ2) is 23.7. The topological polar surface area (TPSA) is 268 Å². The smallest absolute Gasteiger partial charge is 0.333 e. The molecule has 2 heterocycles. The highest BCUT2D eigenvalue weighted by Gasteiger charge is 2.44. The number of likely N-dealkylation sites (N-methyl/N-ethyl adjacent to an activating group) is 3. The number of pyridine rings is 1. The molecule has 1 aliphatic heterocycles. The second-order valence-corrected chi connectivity index (χ2v) is 17.4. The zero-order valence-corrected chi connectivity index (χ0v) is 39.1. The number of rotatable bonds is 20. The molecule has 6 N–H and O–H groups in total. The van der Waals surface area contributed by atoms with Gasteiger partial charge in [0.1, 0.15) is 36.0 Å². The Hall–Kier alpha value is -6.15. The van der Waals surface area contributed by atoms with E-state index in [1.54, 1.807) is 51.1 Å². The molecule has 1 saturated heterocycles. The average molecular weight is 911 g/mol. The molecule has 1 aromatic heterocycles. The number of nitrogens with zero attached hydrogens (tertiary/aromatic N) is 5. The monoisotopic (exact) mass is 910 g/mol. The van der Waals surface area contributed by atoms with Crippen LogP contribution in [0.25, 0.3) is 0 Å². The molecule has 20 heteroatoms. The number of methoxy groups -OCH3 is 1. The molecule has 1 fully saturated rings. The molecular weight excluding hydrogens is 845 g/mol. The Bertz CT molecular complexity index is 2020. The lowest BCUT2D eigenvalue weighted by Crippen LogP contribution is -2.59. The van der Waals surface area contributed by atoms with Crippen molar-refractivity contribution in [2.24, 2.45) is 17.8 Å². The first-order chi connectivity index (χ1) is 30.4. The first-order valence-electron chi connectivity index (χ1n) is 21.5. The number of hydrogen-bond acceptors (Lipinski definition) is 13. The number of aromatic nitrogens is 1. The highest BCUT2D eigenvalue weighted by atomic mass is 16.5. The van der Waals surface area contributed by atoms with Gasteiger partial charge >= 0.3 is 5.97 Å². The number of aliphatic hydroxyl groups is 2. The van der Waals surface area contributed by atoms with Gasteiger partial charge in [0, 0.05) is 40.3 Å². The highest BCUT2D eigenvalue weighted by molar-refractivity contribution is 6.00. The fourth-order valence-corrected chi connectivity index (χ4v) is 7.62. The maximum Gasteiger partial charge on any atom is 0.333 e. The van der Waals surface area contributed by atoms with E-state index < -0.39 is 120 Å². The van der Waals surface area contributed by atoms with Gasteiger partial charge in [-0.3, -0.25) is 33.6 Å². The molecule has 7 amide bonds. The molecule has 0 aliphatic carbocycles. The SMILES string of the molecule is COC(=O)C(c1ccccc1)N(C)C(=O)C(C)NC(=O)C(C(C)C(C)C)N(C)C(=O)CN(C)C(=O)[C@H]1C[C@@H](O)CN1C(=O)C(CC(C)C)NC(=O)C(NC(=O)c1ncccc1O)C(C)O. The predicted molar refractivity (Wildman–Crippen MR) is 236 cm³/mol. The third-order valence-corrected chi connectivity index (χ3v) is 11.6. The zero-order valence-electron chi connectivity index (χ0n) is 39.1. The van der Waals surface area contributed by atoms with Gasteiger partial charge in [0.15, 0.2) is 11.7 Å². The fraction of sp³-hybridized carbons (Fsp3) is 0.578. The Morgan fingerprint density at radius 3 is 2.05 bits per heavy atom. The zero-order chi connectivity index (χ0) is 49.0. The minimum Gasteiger partial charge on any atom is -0.505 e. The second-order valence-electron chi connectivity index (χ2n) is 17.4. The van der Waals surface area contributed by atoms with E-state index >= 15 is 0 Å². The molecule has 358 valence electrons. The number of benzene rings is 1. The molecule has 2 aromatic rings. The Labute approximate surface area is 380 Å². The lowest BCUT2D eigenvalue weighted by molar-refractivity contribution is -0.153. The van der Waals surface area contributed by atoms with Crippen LogP contribution >= 0.6 is 0 Å². The van der Waals surface area contributed by atoms with Crippen molar-refractivity contribution in [1.82, 2.24) is 40.5 Å². The van der Waals surface area contributed by atoms with Gasteiger partial charge < -0.3 is 55.6 Å². The van der Waals surface area contributed by atoms with Crippen LogP contribution in [-0.4, -0.2) is 171 Å². The van der Waals surface area contributed by atoms with Gasteiger partial charge in [-0.2, -0.15) is 0 Å². The minimum atomic E-state index is -1.59. The van der Waals surface area contributed by atoms with Crippen LogP contribution in [0.1, 0.15) is 83.4 Å². The number of esters is 1. The molecule has 1 aromatic carbocycles. The van der Waals surface area contributed by atoms with Gasteiger partial charge in [-0.1, -0.05) is 65.0 Å². The van der Waals surface area contributed by atoms with Gasteiger partial charge in [-0.15, -0.1) is 0 Å². The van der Waals surface area contributed by atoms with Crippen molar-refractivity contribution < 1.29 is 58.4 Å². The Morgan fingerprint density at radius 2 is 1.49 bits per heavy atom. The number of amides is 7. The summed E-state index contributed by atoms with van der Waals surface area (Å²) in [6, 6.07) is 3.66. The van der Waals surface area contributed by atoms with Crippen LogP contribution < -0.4 is 16.0 Å². The van der Waals surface area contributed by atoms with Crippen LogP contribution in [0.3, 0.4) is 0 Å². The molecule has 0 bridgehead atoms. The van der Waals surface area contributed by atoms with Crippen molar-refractivity contribution >= 4 is 47.3 Å². The van der Waals surface area contributed by atoms with Gasteiger partial charge in [-0.05, 0) is 55.7 Å². The summed E-state index contributed by atoms with van der Waals surface area (Å²) in [6.07, 6.45) is -1.46. The van der Waals surface area contributed by atoms with Crippen molar-refractivity contribution in [3.05, 3.63) is 59.9 Å². The van der Waals surface area contributed by atoms with E-state index in [1.165, 1.54) is 70.2 Å². The summed E-state index contributed by atoms with van der Waals surface area (Å²) in [6.45, 7) is 11.0. The first-order valence-corrected chi connectivity index (χ1v) is 21.5. The number of carbonyl (C=O) groups is 8. The molecule has 1 aliphatic rings. The molecule has 20 nitrogen and oxygen atoms in total. The summed E-state index contributed by atoms with van der Waals surface area (Å²) in [5, 5.41) is 38.9. The van der Waals surface area contributed by atoms with Crippen molar-refractivity contribution in [2.45, 2.75) is 110 Å². The quantitative estimate of drug-likeness (QED) is 0.0973. The van der Waals surface area contributed by atoms with E-state index in [-0.39, 0.29) is 31.2 Å². The van der Waals surface area contributed by atoms with Crippen molar-refractivity contribution in [3.8, 4) is 5.75 Å². The molecule has 65 heavy (non-hydrogen) atoms. The van der Waals surface area contributed by atoms with E-state index in [1.807, 2.05) is 13.8 Å². The molecule has 0 spiro atoms. The van der Waals surface area contributed by atoms with E-state index in [0.717, 1.165) is 9.80 Å². The molecule has 0 saturated carbocycles. The van der Waals surface area contributed by atoms with E-state index in [0.29, 0.717) is 5.56 Å². The Kier molecular flexibility index (Phi) is 19.4. The van der Waals surface area contributed by atoms with Gasteiger partial charge in [0.25, 0.3) is 5.91 Å². The van der Waals surface area contributed by atoms with Crippen LogP contribution in [0.15, 0.2) is 48.7 Å². The maximum absolute atomic E-state index is 14.2. The van der Waals surface area contributed by atoms with Crippen LogP contribution in [0.2, 0.25) is 0 Å². The van der Waals surface area contributed by atoms with Crippen LogP contribution in [0.5, 0.6) is 5.75 Å². The standard InChI is InChI=1S/C45H66N8O12/c1-24(2)20-31(48-39(58)35(28(7)54)49-40(59)36-33(56)18-15-19-46-36)43(62)53-22-30(55)21-32(53)44(63)50(8)23-34(57)51(9)37(26(5)25(3)4)41(60)47-27(6)42(61)52(10)38(45(64)65-11)29-16-13-12-14-17-29/h12-19,24-28,30-32,35,37-38,54-56H,20-23H2,1-11H3,(H,47,60)(H,48,58)(H,49,59)/t26?,27?,28?,30-,31?,32-,35?,37?,38?/m1/s1. The molecule has 3 rings (SSSR count). The van der Waals surface area contributed by atoms with E-state index in [9.17, 15) is 53.7 Å². The molecule has 9 atom stereocenters. The van der Waals surface area contributed by atoms with Crippen molar-refractivity contribution in [1.29, 1.82) is 0 Å². The number of ether oxygens (including phenoxy) is 1. The van der Waals surface area contributed by atoms with Gasteiger partial charge in [-0.25, -0.2) is 9.78 Å². The lowest BCUT2D eigenvalue weighted by atomic mass is 9.88. The predicted octanol–water partition coefficient (Wildman–Crippen LogP) is 0.214. The van der Waals surface area contributed by atoms with Crippen molar-refractivity contribution in [2.75, 3.05) is 41.3 Å². The molecule has 0 radical (unpaired) electrons. The van der Waals surface area contributed by atoms with E-state index in [4.69, 9.17) is 4.74 Å². The number of nitrogens with one attached hydrogen (secondary N) is 3. The van der Waals surface area contributed by atoms with Crippen LogP contribution in [0, 0.1) is 17.8 Å². The Balaban J connectivity index is 1.78. The van der Waals surface area contributed by atoms with Crippen LogP contribution in [0.4, 0.5) is 0 Å². The summed E-state index contributed by atoms with van der Waals surface area (Å²) in [7, 11) is 5.37. The number of hydrogen-bond donors (Lipinski definition) is 6. The summed E-state index contributed by atoms with van der Waals surface area (Å²) < 4.78 is 4.97. The summed E-state index contributed by atoms with van der Waals surface area (Å²) >= 11 is 0. The number of likely N-dealkylation sites (tertiary alicyclic amines) is 1. The highest BCUT2D eigenvalue weighted by Crippen LogP contribution is 2.25. The molecular formula is C45H66N8O12. The Morgan fingerprint density at radius 1 is 0.862 bits per heavy atom.